The Morgan fingerprint density at radius 2 is 2.22 bits per heavy atom. The quantitative estimate of drug-likeness (QED) is 0.895. The maximum Gasteiger partial charge on any atom is 0.308 e. The van der Waals surface area contributed by atoms with E-state index in [1.54, 1.807) is 27.6 Å². The highest BCUT2D eigenvalue weighted by atomic mass is 32.1. The molecule has 1 saturated heterocycles. The van der Waals surface area contributed by atoms with Crippen molar-refractivity contribution in [1.29, 1.82) is 0 Å². The van der Waals surface area contributed by atoms with Crippen LogP contribution in [0.15, 0.2) is 29.6 Å². The van der Waals surface area contributed by atoms with E-state index >= 15 is 0 Å². The second-order valence-electron chi connectivity index (χ2n) is 5.79. The van der Waals surface area contributed by atoms with Gasteiger partial charge in [0.25, 0.3) is 0 Å². The van der Waals surface area contributed by atoms with Gasteiger partial charge in [-0.05, 0) is 43.3 Å². The van der Waals surface area contributed by atoms with Crippen molar-refractivity contribution in [3.05, 3.63) is 44.3 Å². The van der Waals surface area contributed by atoms with Crippen molar-refractivity contribution in [2.24, 2.45) is 5.92 Å². The van der Waals surface area contributed by atoms with Gasteiger partial charge in [-0.15, -0.1) is 22.7 Å². The Morgan fingerprint density at radius 3 is 2.83 bits per heavy atom. The van der Waals surface area contributed by atoms with Crippen molar-refractivity contribution < 1.29 is 14.7 Å². The first-order valence-corrected chi connectivity index (χ1v) is 9.37. The van der Waals surface area contributed by atoms with E-state index in [1.807, 2.05) is 30.5 Å². The highest BCUT2D eigenvalue weighted by Gasteiger charge is 2.41. The van der Waals surface area contributed by atoms with Gasteiger partial charge in [-0.1, -0.05) is 6.07 Å². The minimum Gasteiger partial charge on any atom is -0.481 e. The summed E-state index contributed by atoms with van der Waals surface area (Å²) < 4.78 is 0. The number of aryl methyl sites for hydroxylation is 1. The van der Waals surface area contributed by atoms with Crippen LogP contribution in [0.2, 0.25) is 0 Å². The van der Waals surface area contributed by atoms with Crippen LogP contribution in [0.5, 0.6) is 0 Å². The van der Waals surface area contributed by atoms with Crippen LogP contribution in [-0.4, -0.2) is 28.4 Å². The zero-order valence-corrected chi connectivity index (χ0v) is 14.5. The topological polar surface area (TPSA) is 57.6 Å². The predicted molar refractivity (Wildman–Crippen MR) is 91.9 cm³/mol. The highest BCUT2D eigenvalue weighted by molar-refractivity contribution is 7.12. The average Bonchev–Trinajstić information content (AvgIpc) is 3.16. The van der Waals surface area contributed by atoms with E-state index in [-0.39, 0.29) is 11.9 Å². The van der Waals surface area contributed by atoms with Gasteiger partial charge in [0.15, 0.2) is 0 Å². The Bertz CT molecular complexity index is 693. The third kappa shape index (κ3) is 3.48. The highest BCUT2D eigenvalue weighted by Crippen LogP contribution is 2.39. The average molecular weight is 349 g/mol. The maximum atomic E-state index is 12.5. The summed E-state index contributed by atoms with van der Waals surface area (Å²) in [5, 5.41) is 11.6. The Kier molecular flexibility index (Phi) is 4.82. The van der Waals surface area contributed by atoms with Crippen LogP contribution in [-0.2, 0) is 16.0 Å². The lowest BCUT2D eigenvalue weighted by Crippen LogP contribution is -2.45. The molecular formula is C17H19NO3S2. The van der Waals surface area contributed by atoms with Crippen molar-refractivity contribution in [3.63, 3.8) is 0 Å². The summed E-state index contributed by atoms with van der Waals surface area (Å²) >= 11 is 3.26. The molecule has 0 bridgehead atoms. The van der Waals surface area contributed by atoms with Gasteiger partial charge in [0.1, 0.15) is 0 Å². The summed E-state index contributed by atoms with van der Waals surface area (Å²) in [5.74, 6) is -1.26. The second kappa shape index (κ2) is 6.84. The molecule has 6 heteroatoms. The van der Waals surface area contributed by atoms with E-state index < -0.39 is 11.9 Å². The predicted octanol–water partition coefficient (Wildman–Crippen LogP) is 3.73. The molecule has 3 heterocycles. The molecule has 1 fully saturated rings. The van der Waals surface area contributed by atoms with Crippen LogP contribution in [0.3, 0.4) is 0 Å². The van der Waals surface area contributed by atoms with Crippen LogP contribution < -0.4 is 0 Å². The first-order valence-electron chi connectivity index (χ1n) is 7.67. The molecule has 0 spiro atoms. The summed E-state index contributed by atoms with van der Waals surface area (Å²) in [6.07, 6.45) is 1.52. The molecule has 3 rings (SSSR count). The molecule has 122 valence electrons. The number of carboxylic acids is 1. The number of carbonyl (C=O) groups excluding carboxylic acids is 1. The fourth-order valence-electron chi connectivity index (χ4n) is 3.12. The minimum atomic E-state index is -0.810. The summed E-state index contributed by atoms with van der Waals surface area (Å²) in [6.45, 7) is 2.58. The molecule has 2 aromatic heterocycles. The van der Waals surface area contributed by atoms with Gasteiger partial charge in [0, 0.05) is 27.6 Å². The minimum absolute atomic E-state index is 0.0649. The molecule has 0 radical (unpaired) electrons. The van der Waals surface area contributed by atoms with Crippen molar-refractivity contribution >= 4 is 34.6 Å². The van der Waals surface area contributed by atoms with Crippen LogP contribution in [0.1, 0.15) is 33.5 Å². The number of likely N-dealkylation sites (tertiary alicyclic amines) is 1. The maximum absolute atomic E-state index is 12.5. The third-order valence-corrected chi connectivity index (χ3v) is 6.26. The Labute approximate surface area is 143 Å². The normalized spacial score (nSPS) is 21.6. The zero-order chi connectivity index (χ0) is 16.4. The van der Waals surface area contributed by atoms with E-state index in [0.717, 1.165) is 16.2 Å². The molecule has 0 aromatic carbocycles. The van der Waals surface area contributed by atoms with E-state index in [2.05, 4.69) is 6.07 Å². The molecule has 0 unspecified atom stereocenters. The number of thiophene rings is 2. The molecule has 1 aliphatic heterocycles. The van der Waals surface area contributed by atoms with Gasteiger partial charge in [0.05, 0.1) is 12.0 Å². The summed E-state index contributed by atoms with van der Waals surface area (Å²) in [6, 6.07) is 7.68. The lowest BCUT2D eigenvalue weighted by atomic mass is 9.87. The van der Waals surface area contributed by atoms with E-state index in [0.29, 0.717) is 19.4 Å². The standard InChI is InChI=1S/C17H19NO3S2/c1-11-4-6-14(23-11)16-13(17(20)21)5-7-15(19)18(16)9-8-12-3-2-10-22-12/h2-4,6,10,13,16H,5,7-9H2,1H3,(H,20,21)/t13-,16+/m0/s1. The number of hydrogen-bond acceptors (Lipinski definition) is 4. The lowest BCUT2D eigenvalue weighted by molar-refractivity contribution is -0.151. The molecule has 23 heavy (non-hydrogen) atoms. The Morgan fingerprint density at radius 1 is 1.39 bits per heavy atom. The summed E-state index contributed by atoms with van der Waals surface area (Å²) in [4.78, 5) is 29.3. The number of piperidine rings is 1. The van der Waals surface area contributed by atoms with Crippen molar-refractivity contribution in [1.82, 2.24) is 4.90 Å². The lowest BCUT2D eigenvalue weighted by Gasteiger charge is -2.39. The number of amides is 1. The molecular weight excluding hydrogens is 330 g/mol. The molecule has 1 amide bonds. The fraction of sp³-hybridized carbons (Fsp3) is 0.412. The number of carbonyl (C=O) groups is 2. The molecule has 0 aliphatic carbocycles. The number of hydrogen-bond donors (Lipinski definition) is 1. The third-order valence-electron chi connectivity index (χ3n) is 4.26. The van der Waals surface area contributed by atoms with Gasteiger partial charge >= 0.3 is 5.97 Å². The van der Waals surface area contributed by atoms with E-state index in [1.165, 1.54) is 4.88 Å². The summed E-state index contributed by atoms with van der Waals surface area (Å²) in [5.41, 5.74) is 0. The van der Waals surface area contributed by atoms with E-state index in [9.17, 15) is 14.7 Å². The molecule has 2 atom stereocenters. The van der Waals surface area contributed by atoms with Gasteiger partial charge in [-0.3, -0.25) is 9.59 Å². The van der Waals surface area contributed by atoms with Gasteiger partial charge in [-0.2, -0.15) is 0 Å². The fourth-order valence-corrected chi connectivity index (χ4v) is 4.88. The van der Waals surface area contributed by atoms with Gasteiger partial charge < -0.3 is 10.0 Å². The number of nitrogens with zero attached hydrogens (tertiary/aromatic N) is 1. The first kappa shape index (κ1) is 16.2. The van der Waals surface area contributed by atoms with Crippen LogP contribution in [0, 0.1) is 12.8 Å². The SMILES string of the molecule is Cc1ccc([C@H]2[C@@H](C(=O)O)CCC(=O)N2CCc2cccs2)s1. The van der Waals surface area contributed by atoms with Crippen LogP contribution in [0.4, 0.5) is 0 Å². The van der Waals surface area contributed by atoms with Gasteiger partial charge in [-0.25, -0.2) is 0 Å². The monoisotopic (exact) mass is 349 g/mol. The van der Waals surface area contributed by atoms with Crippen molar-refractivity contribution in [2.45, 2.75) is 32.2 Å². The smallest absolute Gasteiger partial charge is 0.308 e. The number of aliphatic carboxylic acids is 1. The van der Waals surface area contributed by atoms with Crippen molar-refractivity contribution in [2.75, 3.05) is 6.54 Å². The Hall–Kier alpha value is -1.66. The van der Waals surface area contributed by atoms with Crippen LogP contribution >= 0.6 is 22.7 Å². The number of carboxylic acid groups (broad SMARTS) is 1. The molecule has 1 N–H and O–H groups in total. The molecule has 2 aromatic rings. The first-order chi connectivity index (χ1) is 11.1. The van der Waals surface area contributed by atoms with Crippen LogP contribution in [0.25, 0.3) is 0 Å². The zero-order valence-electron chi connectivity index (χ0n) is 12.9. The molecule has 1 aliphatic rings. The van der Waals surface area contributed by atoms with Gasteiger partial charge in [0.2, 0.25) is 5.91 Å². The molecule has 4 nitrogen and oxygen atoms in total. The Balaban J connectivity index is 1.87. The largest absolute Gasteiger partial charge is 0.481 e. The van der Waals surface area contributed by atoms with E-state index in [4.69, 9.17) is 0 Å². The van der Waals surface area contributed by atoms with Crippen molar-refractivity contribution in [3.8, 4) is 0 Å². The number of rotatable bonds is 5. The molecule has 0 saturated carbocycles. The summed E-state index contributed by atoms with van der Waals surface area (Å²) in [7, 11) is 0. The second-order valence-corrected chi connectivity index (χ2v) is 8.14.